The molecule has 3 N–H and O–H groups in total. The molecule has 1 unspecified atom stereocenters. The molecular formula is C15H23FN2O3. The number of halogens is 1. The lowest BCUT2D eigenvalue weighted by molar-refractivity contribution is 0.0524. The van der Waals surface area contributed by atoms with Crippen LogP contribution in [0, 0.1) is 5.82 Å². The van der Waals surface area contributed by atoms with Gasteiger partial charge >= 0.3 is 6.09 Å². The third kappa shape index (κ3) is 6.44. The molecule has 0 spiro atoms. The van der Waals surface area contributed by atoms with Crippen LogP contribution in [0.3, 0.4) is 0 Å². The Labute approximate surface area is 124 Å². The van der Waals surface area contributed by atoms with E-state index in [2.05, 4.69) is 5.32 Å². The van der Waals surface area contributed by atoms with E-state index >= 15 is 0 Å². The predicted octanol–water partition coefficient (Wildman–Crippen LogP) is 2.23. The number of amides is 1. The van der Waals surface area contributed by atoms with Gasteiger partial charge in [0, 0.05) is 12.6 Å². The number of hydrogen-bond acceptors (Lipinski definition) is 4. The summed E-state index contributed by atoms with van der Waals surface area (Å²) >= 11 is 0. The highest BCUT2D eigenvalue weighted by Gasteiger charge is 2.16. The summed E-state index contributed by atoms with van der Waals surface area (Å²) in [7, 11) is 1.41. The highest BCUT2D eigenvalue weighted by molar-refractivity contribution is 5.67. The molecule has 0 saturated heterocycles. The van der Waals surface area contributed by atoms with Gasteiger partial charge in [0.15, 0.2) is 11.6 Å². The molecule has 1 rings (SSSR count). The number of rotatable bonds is 5. The summed E-state index contributed by atoms with van der Waals surface area (Å²) in [5.41, 5.74) is 6.11. The van der Waals surface area contributed by atoms with Gasteiger partial charge in [-0.25, -0.2) is 9.18 Å². The summed E-state index contributed by atoms with van der Waals surface area (Å²) in [5.74, 6) is -0.235. The van der Waals surface area contributed by atoms with Crippen molar-refractivity contribution >= 4 is 6.09 Å². The Balaban J connectivity index is 2.45. The molecule has 1 atom stereocenters. The van der Waals surface area contributed by atoms with Crippen LogP contribution >= 0.6 is 0 Å². The van der Waals surface area contributed by atoms with Gasteiger partial charge in [0.2, 0.25) is 0 Å². The summed E-state index contributed by atoms with van der Waals surface area (Å²) in [5, 5.41) is 2.59. The third-order valence-electron chi connectivity index (χ3n) is 2.62. The van der Waals surface area contributed by atoms with E-state index in [1.807, 2.05) is 0 Å². The highest BCUT2D eigenvalue weighted by Crippen LogP contribution is 2.18. The van der Waals surface area contributed by atoms with Crippen molar-refractivity contribution in [2.75, 3.05) is 13.7 Å². The van der Waals surface area contributed by atoms with Crippen molar-refractivity contribution in [1.29, 1.82) is 0 Å². The van der Waals surface area contributed by atoms with Crippen LogP contribution in [0.2, 0.25) is 0 Å². The zero-order chi connectivity index (χ0) is 16.0. The molecule has 1 amide bonds. The van der Waals surface area contributed by atoms with Gasteiger partial charge in [0.25, 0.3) is 0 Å². The molecule has 0 aliphatic rings. The summed E-state index contributed by atoms with van der Waals surface area (Å²) in [6, 6.07) is 4.35. The number of benzene rings is 1. The van der Waals surface area contributed by atoms with Crippen molar-refractivity contribution < 1.29 is 18.7 Å². The molecule has 1 aromatic carbocycles. The Morgan fingerprint density at radius 1 is 1.43 bits per heavy atom. The fraction of sp³-hybridized carbons (Fsp3) is 0.533. The Kier molecular flexibility index (Phi) is 5.96. The zero-order valence-corrected chi connectivity index (χ0v) is 12.9. The maximum absolute atomic E-state index is 13.5. The van der Waals surface area contributed by atoms with Crippen LogP contribution in [-0.2, 0) is 11.2 Å². The van der Waals surface area contributed by atoms with Crippen molar-refractivity contribution in [2.45, 2.75) is 38.8 Å². The van der Waals surface area contributed by atoms with Crippen molar-refractivity contribution in [3.05, 3.63) is 29.6 Å². The lowest BCUT2D eigenvalue weighted by Gasteiger charge is -2.20. The second-order valence-electron chi connectivity index (χ2n) is 5.82. The molecule has 5 nitrogen and oxygen atoms in total. The molecule has 1 aromatic rings. The van der Waals surface area contributed by atoms with Gasteiger partial charge in [-0.05, 0) is 44.9 Å². The fourth-order valence-corrected chi connectivity index (χ4v) is 1.74. The van der Waals surface area contributed by atoms with Gasteiger partial charge in [-0.1, -0.05) is 6.07 Å². The first kappa shape index (κ1) is 17.2. The topological polar surface area (TPSA) is 73.6 Å². The standard InChI is InChI=1S/C15H23FN2O3/c1-15(2,3)21-14(19)18-9-11(17)7-10-5-6-13(20-4)12(16)8-10/h5-6,8,11H,7,9,17H2,1-4H3,(H,18,19). The van der Waals surface area contributed by atoms with Gasteiger partial charge in [0.1, 0.15) is 5.60 Å². The maximum Gasteiger partial charge on any atom is 0.407 e. The summed E-state index contributed by atoms with van der Waals surface area (Å²) < 4.78 is 23.5. The molecule has 118 valence electrons. The first-order valence-electron chi connectivity index (χ1n) is 6.76. The lowest BCUT2D eigenvalue weighted by Crippen LogP contribution is -2.41. The average molecular weight is 298 g/mol. The number of methoxy groups -OCH3 is 1. The third-order valence-corrected chi connectivity index (χ3v) is 2.62. The van der Waals surface area contributed by atoms with Gasteiger partial charge in [-0.2, -0.15) is 0 Å². The molecule has 0 aromatic heterocycles. The Morgan fingerprint density at radius 3 is 2.62 bits per heavy atom. The second kappa shape index (κ2) is 7.26. The average Bonchev–Trinajstić information content (AvgIpc) is 2.34. The van der Waals surface area contributed by atoms with Gasteiger partial charge < -0.3 is 20.5 Å². The van der Waals surface area contributed by atoms with Gasteiger partial charge in [-0.3, -0.25) is 0 Å². The van der Waals surface area contributed by atoms with E-state index in [1.165, 1.54) is 13.2 Å². The van der Waals surface area contributed by atoms with Crippen LogP contribution in [0.1, 0.15) is 26.3 Å². The van der Waals surface area contributed by atoms with E-state index in [9.17, 15) is 9.18 Å². The second-order valence-corrected chi connectivity index (χ2v) is 5.82. The van der Waals surface area contributed by atoms with Crippen molar-refractivity contribution in [2.24, 2.45) is 5.73 Å². The SMILES string of the molecule is COc1ccc(CC(N)CNC(=O)OC(C)(C)C)cc1F. The lowest BCUT2D eigenvalue weighted by atomic mass is 10.1. The Bertz CT molecular complexity index is 486. The smallest absolute Gasteiger partial charge is 0.407 e. The van der Waals surface area contributed by atoms with Crippen LogP contribution in [0.5, 0.6) is 5.75 Å². The number of hydrogen-bond donors (Lipinski definition) is 2. The van der Waals surface area contributed by atoms with Crippen LogP contribution < -0.4 is 15.8 Å². The normalized spacial score (nSPS) is 12.7. The van der Waals surface area contributed by atoms with Gasteiger partial charge in [-0.15, -0.1) is 0 Å². The van der Waals surface area contributed by atoms with E-state index in [-0.39, 0.29) is 18.3 Å². The molecule has 6 heteroatoms. The molecule has 0 heterocycles. The molecule has 21 heavy (non-hydrogen) atoms. The maximum atomic E-state index is 13.5. The largest absolute Gasteiger partial charge is 0.494 e. The van der Waals surface area contributed by atoms with Crippen LogP contribution in [0.15, 0.2) is 18.2 Å². The molecule has 0 saturated carbocycles. The number of carbonyl (C=O) groups excluding carboxylic acids is 1. The van der Waals surface area contributed by atoms with E-state index in [4.69, 9.17) is 15.2 Å². The number of alkyl carbamates (subject to hydrolysis) is 1. The fourth-order valence-electron chi connectivity index (χ4n) is 1.74. The number of nitrogens with one attached hydrogen (secondary N) is 1. The highest BCUT2D eigenvalue weighted by atomic mass is 19.1. The van der Waals surface area contributed by atoms with Crippen LogP contribution in [0.4, 0.5) is 9.18 Å². The van der Waals surface area contributed by atoms with Crippen molar-refractivity contribution in [1.82, 2.24) is 5.32 Å². The molecule has 0 bridgehead atoms. The van der Waals surface area contributed by atoms with E-state index in [0.29, 0.717) is 6.42 Å². The van der Waals surface area contributed by atoms with Crippen molar-refractivity contribution in [3.8, 4) is 5.75 Å². The van der Waals surface area contributed by atoms with Crippen LogP contribution in [0.25, 0.3) is 0 Å². The molecular weight excluding hydrogens is 275 g/mol. The number of ether oxygens (including phenoxy) is 2. The number of carbonyl (C=O) groups is 1. The van der Waals surface area contributed by atoms with E-state index in [0.717, 1.165) is 5.56 Å². The summed E-state index contributed by atoms with van der Waals surface area (Å²) in [6.45, 7) is 5.61. The van der Waals surface area contributed by atoms with Crippen LogP contribution in [-0.4, -0.2) is 31.4 Å². The monoisotopic (exact) mass is 298 g/mol. The number of nitrogens with two attached hydrogens (primary N) is 1. The minimum Gasteiger partial charge on any atom is -0.494 e. The Morgan fingerprint density at radius 2 is 2.10 bits per heavy atom. The molecule has 0 aliphatic carbocycles. The zero-order valence-electron chi connectivity index (χ0n) is 12.9. The summed E-state index contributed by atoms with van der Waals surface area (Å²) in [4.78, 5) is 11.5. The van der Waals surface area contributed by atoms with E-state index in [1.54, 1.807) is 32.9 Å². The molecule has 0 radical (unpaired) electrons. The van der Waals surface area contributed by atoms with Crippen molar-refractivity contribution in [3.63, 3.8) is 0 Å². The minimum absolute atomic E-state index is 0.194. The quantitative estimate of drug-likeness (QED) is 0.874. The first-order chi connectivity index (χ1) is 9.71. The first-order valence-corrected chi connectivity index (χ1v) is 6.76. The predicted molar refractivity (Wildman–Crippen MR) is 78.9 cm³/mol. The Hall–Kier alpha value is -1.82. The molecule has 0 aliphatic heterocycles. The summed E-state index contributed by atoms with van der Waals surface area (Å²) in [6.07, 6.45) is -0.0738. The minimum atomic E-state index is -0.548. The molecule has 0 fully saturated rings. The van der Waals surface area contributed by atoms with E-state index < -0.39 is 17.5 Å². The van der Waals surface area contributed by atoms with Gasteiger partial charge in [0.05, 0.1) is 7.11 Å².